The summed E-state index contributed by atoms with van der Waals surface area (Å²) >= 11 is 0. The summed E-state index contributed by atoms with van der Waals surface area (Å²) < 4.78 is 21.3. The van der Waals surface area contributed by atoms with E-state index in [-0.39, 0.29) is 12.6 Å². The van der Waals surface area contributed by atoms with Crippen molar-refractivity contribution < 1.29 is 24.1 Å². The zero-order chi connectivity index (χ0) is 57.1. The standard InChI is InChI=1S/C9H17NO.C9H19N.C9H18.C9H16.C8H17NO2.C8H17NO.C8H17N.C7H14O/c1-7(2)10-5-3-9-8(10)4-6-11-9;1-9(2)10-7-5-3-4-6-8-10;2*1-8(2)9-6-4-3-5-7-9;1-7(2)9-3-4-11-6-8(9)5-10;1-7(2)9-5-4-8(6-9)10-3;1-8(2)9-6-4-3-5-7-9;1-6(2)7-3-4-8-5-7/h7-9H,3-6H2,1-2H3;9H,3-8H2,1-2H3;8-9H,3-7H2,1-2H3;6,8H,3-5,7H2,1-2H3;7-8,10H,3-6H2,1-2H3;7-8H,4-6H2,1-3H3;8H,3-7H2,1-2H3;6-7H,3-5H2,1-2H3. The molecule has 0 aromatic rings. The van der Waals surface area contributed by atoms with Crippen molar-refractivity contribution in [3.05, 3.63) is 11.6 Å². The van der Waals surface area contributed by atoms with Gasteiger partial charge < -0.3 is 33.9 Å². The second-order valence-electron chi connectivity index (χ2n) is 26.8. The third-order valence-electron chi connectivity index (χ3n) is 18.4. The minimum absolute atomic E-state index is 0.207. The molecule has 5 unspecified atom stereocenters. The van der Waals surface area contributed by atoms with Crippen molar-refractivity contribution in [2.45, 2.75) is 294 Å². The van der Waals surface area contributed by atoms with Crippen LogP contribution >= 0.6 is 0 Å². The van der Waals surface area contributed by atoms with Gasteiger partial charge in [0, 0.05) is 89.4 Å². The Kier molecular flexibility index (Phi) is 40.5. The summed E-state index contributed by atoms with van der Waals surface area (Å²) in [4.78, 5) is 12.5. The van der Waals surface area contributed by atoms with Crippen molar-refractivity contribution in [1.82, 2.24) is 24.5 Å². The molecule has 0 radical (unpaired) electrons. The topological polar surface area (TPSA) is 73.4 Å². The van der Waals surface area contributed by atoms with E-state index < -0.39 is 0 Å². The van der Waals surface area contributed by atoms with Gasteiger partial charge in [-0.05, 0) is 202 Å². The Morgan fingerprint density at radius 2 is 1.04 bits per heavy atom. The van der Waals surface area contributed by atoms with Crippen LogP contribution in [0.1, 0.15) is 239 Å². The summed E-state index contributed by atoms with van der Waals surface area (Å²) in [5.74, 6) is 4.45. The van der Waals surface area contributed by atoms with Gasteiger partial charge in [0.15, 0.2) is 0 Å². The van der Waals surface area contributed by atoms with Crippen molar-refractivity contribution in [1.29, 1.82) is 0 Å². The number of fused-ring (bicyclic) bond motifs is 1. The molecular weight excluding hydrogens is 955 g/mol. The fourth-order valence-corrected chi connectivity index (χ4v) is 12.6. The van der Waals surface area contributed by atoms with Gasteiger partial charge in [-0.1, -0.05) is 105 Å². The van der Waals surface area contributed by atoms with E-state index in [1.165, 1.54) is 168 Å². The molecule has 0 spiro atoms. The number of morpholine rings is 1. The average Bonchev–Trinajstić information content (AvgIpc) is 4.27. The van der Waals surface area contributed by atoms with Gasteiger partial charge in [0.2, 0.25) is 0 Å². The lowest BCUT2D eigenvalue weighted by Gasteiger charge is -2.37. The van der Waals surface area contributed by atoms with E-state index in [1.807, 2.05) is 0 Å². The maximum Gasteiger partial charge on any atom is 0.0743 e. The van der Waals surface area contributed by atoms with E-state index in [9.17, 15) is 0 Å². The zero-order valence-corrected chi connectivity index (χ0v) is 54.5. The summed E-state index contributed by atoms with van der Waals surface area (Å²) in [5.41, 5.74) is 1.68. The highest BCUT2D eigenvalue weighted by Gasteiger charge is 2.39. The second-order valence-corrected chi connectivity index (χ2v) is 26.8. The Hall–Kier alpha value is -0.660. The van der Waals surface area contributed by atoms with E-state index >= 15 is 0 Å². The molecule has 9 aliphatic rings. The summed E-state index contributed by atoms with van der Waals surface area (Å²) in [6.07, 6.45) is 31.4. The molecule has 0 bridgehead atoms. The molecule has 7 heterocycles. The minimum atomic E-state index is 0.207. The number of nitrogens with zero attached hydrogens (tertiary/aromatic N) is 5. The zero-order valence-electron chi connectivity index (χ0n) is 54.5. The predicted molar refractivity (Wildman–Crippen MR) is 333 cm³/mol. The summed E-state index contributed by atoms with van der Waals surface area (Å²) in [6, 6.07) is 4.38. The highest BCUT2D eigenvalue weighted by molar-refractivity contribution is 5.07. The number of hydrogen-bond acceptors (Lipinski definition) is 10. The normalized spacial score (nSPS) is 26.9. The lowest BCUT2D eigenvalue weighted by atomic mass is 9.82. The number of piperidine rings is 1. The molecule has 10 nitrogen and oxygen atoms in total. The van der Waals surface area contributed by atoms with Crippen molar-refractivity contribution in [3.63, 3.8) is 0 Å². The molecule has 1 saturated carbocycles. The van der Waals surface area contributed by atoms with Crippen molar-refractivity contribution in [2.75, 3.05) is 99.1 Å². The molecule has 7 saturated heterocycles. The maximum absolute atomic E-state index is 8.99. The third-order valence-corrected chi connectivity index (χ3v) is 18.4. The lowest BCUT2D eigenvalue weighted by Crippen LogP contribution is -2.50. The summed E-state index contributed by atoms with van der Waals surface area (Å²) in [7, 11) is 1.80. The van der Waals surface area contributed by atoms with Gasteiger partial charge in [-0.3, -0.25) is 14.7 Å². The first-order chi connectivity index (χ1) is 36.8. The van der Waals surface area contributed by atoms with Crippen LogP contribution in [0.2, 0.25) is 0 Å². The summed E-state index contributed by atoms with van der Waals surface area (Å²) in [6.45, 7) is 50.8. The molecule has 77 heavy (non-hydrogen) atoms. The first kappa shape index (κ1) is 72.4. The van der Waals surface area contributed by atoms with Crippen LogP contribution in [-0.4, -0.2) is 183 Å². The molecule has 8 fully saturated rings. The molecule has 7 aliphatic heterocycles. The Labute approximate surface area is 480 Å². The summed E-state index contributed by atoms with van der Waals surface area (Å²) in [5, 5.41) is 8.99. The Bertz CT molecular complexity index is 1350. The van der Waals surface area contributed by atoms with Crippen molar-refractivity contribution in [2.24, 2.45) is 29.6 Å². The molecule has 10 heteroatoms. The van der Waals surface area contributed by atoms with Gasteiger partial charge in [0.05, 0.1) is 38.1 Å². The van der Waals surface area contributed by atoms with Gasteiger partial charge in [0.1, 0.15) is 0 Å². The average molecular weight is 1090 g/mol. The van der Waals surface area contributed by atoms with Crippen LogP contribution in [0.3, 0.4) is 0 Å². The molecule has 0 amide bonds. The third kappa shape index (κ3) is 31.0. The minimum Gasteiger partial charge on any atom is -0.395 e. The second kappa shape index (κ2) is 43.1. The first-order valence-corrected chi connectivity index (χ1v) is 33.1. The van der Waals surface area contributed by atoms with Gasteiger partial charge in [-0.25, -0.2) is 0 Å². The fourth-order valence-electron chi connectivity index (χ4n) is 12.6. The number of allylic oxidation sites excluding steroid dienone is 2. The monoisotopic (exact) mass is 1090 g/mol. The fraction of sp³-hybridized carbons (Fsp3) is 0.970. The Morgan fingerprint density at radius 3 is 1.42 bits per heavy atom. The molecule has 9 rings (SSSR count). The van der Waals surface area contributed by atoms with Gasteiger partial charge in [-0.15, -0.1) is 0 Å². The Morgan fingerprint density at radius 1 is 0.494 bits per heavy atom. The molecular formula is C67H135N5O5. The van der Waals surface area contributed by atoms with Crippen molar-refractivity contribution in [3.8, 4) is 0 Å². The highest BCUT2D eigenvalue weighted by Crippen LogP contribution is 2.31. The largest absolute Gasteiger partial charge is 0.395 e. The maximum atomic E-state index is 8.99. The molecule has 0 aromatic heterocycles. The molecule has 458 valence electrons. The lowest BCUT2D eigenvalue weighted by molar-refractivity contribution is -0.0409. The van der Waals surface area contributed by atoms with Crippen molar-refractivity contribution >= 4 is 0 Å². The van der Waals surface area contributed by atoms with Crippen LogP contribution in [0, 0.1) is 29.6 Å². The van der Waals surface area contributed by atoms with E-state index in [1.54, 1.807) is 12.7 Å². The molecule has 1 N–H and O–H groups in total. The number of methoxy groups -OCH3 is 1. The van der Waals surface area contributed by atoms with Crippen LogP contribution in [0.5, 0.6) is 0 Å². The molecule has 0 aromatic carbocycles. The van der Waals surface area contributed by atoms with Crippen LogP contribution in [-0.2, 0) is 18.9 Å². The highest BCUT2D eigenvalue weighted by atomic mass is 16.5. The van der Waals surface area contributed by atoms with Crippen LogP contribution < -0.4 is 0 Å². The number of rotatable bonds is 10. The van der Waals surface area contributed by atoms with Crippen LogP contribution in [0.25, 0.3) is 0 Å². The van der Waals surface area contributed by atoms with E-state index in [2.05, 4.69) is 141 Å². The molecule has 5 atom stereocenters. The number of aliphatic hydroxyl groups is 1. The number of hydrogen-bond donors (Lipinski definition) is 1. The van der Waals surface area contributed by atoms with E-state index in [4.69, 9.17) is 24.1 Å². The smallest absolute Gasteiger partial charge is 0.0743 e. The quantitative estimate of drug-likeness (QED) is 0.214. The Balaban J connectivity index is 0.000000302. The van der Waals surface area contributed by atoms with Crippen LogP contribution in [0.4, 0.5) is 0 Å². The van der Waals surface area contributed by atoms with E-state index in [0.29, 0.717) is 36.9 Å². The SMILES string of the molecule is CC(C)C1=CCCCC1.CC(C)C1CCCCC1.CC(C)C1CCOC1.CC(C)N1CCC2OCCC21.CC(C)N1CCCCC1.CC(C)N1CCCCCC1.CC(C)N1CCOCC1CO.COC1CCN(C(C)C)C1. The predicted octanol–water partition coefficient (Wildman–Crippen LogP) is 14.7. The molecule has 2 aliphatic carbocycles. The number of ether oxygens (including phenoxy) is 4. The van der Waals surface area contributed by atoms with Gasteiger partial charge in [-0.2, -0.15) is 0 Å². The van der Waals surface area contributed by atoms with E-state index in [0.717, 1.165) is 87.2 Å². The van der Waals surface area contributed by atoms with Gasteiger partial charge in [0.25, 0.3) is 0 Å². The number of likely N-dealkylation sites (tertiary alicyclic amines) is 4. The first-order valence-electron chi connectivity index (χ1n) is 33.1. The van der Waals surface area contributed by atoms with Gasteiger partial charge >= 0.3 is 0 Å². The number of aliphatic hydroxyl groups excluding tert-OH is 1. The van der Waals surface area contributed by atoms with Crippen LogP contribution in [0.15, 0.2) is 11.6 Å².